The van der Waals surface area contributed by atoms with E-state index in [0.717, 1.165) is 70.6 Å². The van der Waals surface area contributed by atoms with Crippen LogP contribution < -0.4 is 5.73 Å². The lowest BCUT2D eigenvalue weighted by molar-refractivity contribution is -0.150. The highest BCUT2D eigenvalue weighted by Crippen LogP contribution is 2.62. The molecule has 7 rings (SSSR count). The van der Waals surface area contributed by atoms with Crippen molar-refractivity contribution in [3.8, 4) is 5.75 Å². The Morgan fingerprint density at radius 1 is 1.08 bits per heavy atom. The number of unbranched alkanes of at least 4 members (excludes halogenated alkanes) is 4. The number of aromatic hydroxyl groups is 1. The fraction of sp³-hybridized carbons (Fsp3) is 0.667. The summed E-state index contributed by atoms with van der Waals surface area (Å²) >= 11 is 0. The highest BCUT2D eigenvalue weighted by molar-refractivity contribution is 5.81. The lowest BCUT2D eigenvalue weighted by Gasteiger charge is -2.50. The van der Waals surface area contributed by atoms with E-state index in [4.69, 9.17) is 15.2 Å². The van der Waals surface area contributed by atoms with Gasteiger partial charge in [0.2, 0.25) is 0 Å². The lowest BCUT2D eigenvalue weighted by Crippen LogP contribution is -2.44. The van der Waals surface area contributed by atoms with Crippen LogP contribution in [0.5, 0.6) is 5.75 Å². The molecule has 3 fully saturated rings. The van der Waals surface area contributed by atoms with Crippen molar-refractivity contribution in [3.63, 3.8) is 0 Å². The van der Waals surface area contributed by atoms with Crippen LogP contribution >= 0.6 is 0 Å². The first-order valence-corrected chi connectivity index (χ1v) is 17.8. The molecule has 1 aromatic carbocycles. The van der Waals surface area contributed by atoms with Crippen LogP contribution in [0.15, 0.2) is 30.9 Å². The number of ether oxygens (including phenoxy) is 2. The third-order valence-electron chi connectivity index (χ3n) is 12.2. The van der Waals surface area contributed by atoms with Gasteiger partial charge in [-0.1, -0.05) is 38.7 Å². The largest absolute Gasteiger partial charge is 0.508 e. The van der Waals surface area contributed by atoms with E-state index in [0.29, 0.717) is 40.6 Å². The minimum Gasteiger partial charge on any atom is -0.508 e. The number of phenolic OH excluding ortho intramolecular Hbond substituents is 1. The molecule has 3 aromatic rings. The van der Waals surface area contributed by atoms with E-state index in [9.17, 15) is 25.2 Å². The number of aryl methyl sites for hydroxylation is 1. The number of nitrogens with zero attached hydrogens (tertiary/aromatic N) is 4. The van der Waals surface area contributed by atoms with Gasteiger partial charge in [-0.25, -0.2) is 15.0 Å². The third-order valence-corrected chi connectivity index (χ3v) is 12.2. The minimum atomic E-state index is -1.27. The number of benzene rings is 1. The number of aliphatic hydroxyl groups is 3. The number of nitrogen functional groups attached to an aromatic ring is 1. The fourth-order valence-corrected chi connectivity index (χ4v) is 9.60. The molecule has 12 nitrogen and oxygen atoms in total. The van der Waals surface area contributed by atoms with Gasteiger partial charge >= 0.3 is 5.97 Å². The van der Waals surface area contributed by atoms with E-state index >= 15 is 0 Å². The van der Waals surface area contributed by atoms with Gasteiger partial charge in [0.15, 0.2) is 17.7 Å². The van der Waals surface area contributed by atoms with Gasteiger partial charge in [0.1, 0.15) is 42.5 Å². The average molecular weight is 664 g/mol. The van der Waals surface area contributed by atoms with Gasteiger partial charge in [-0.05, 0) is 97.3 Å². The van der Waals surface area contributed by atoms with Crippen molar-refractivity contribution >= 4 is 23.0 Å². The van der Waals surface area contributed by atoms with Gasteiger partial charge in [-0.15, -0.1) is 0 Å². The number of carbonyl (C=O) groups excluding carboxylic acids is 1. The van der Waals surface area contributed by atoms with Gasteiger partial charge in [0.25, 0.3) is 0 Å². The van der Waals surface area contributed by atoms with Crippen molar-refractivity contribution in [1.82, 2.24) is 19.5 Å². The molecule has 0 spiro atoms. The fourth-order valence-electron chi connectivity index (χ4n) is 9.60. The summed E-state index contributed by atoms with van der Waals surface area (Å²) in [7, 11) is 0. The molecule has 1 aliphatic heterocycles. The maximum absolute atomic E-state index is 12.4. The third kappa shape index (κ3) is 6.05. The predicted octanol–water partition coefficient (Wildman–Crippen LogP) is 4.15. The van der Waals surface area contributed by atoms with Crippen LogP contribution in [0.25, 0.3) is 11.2 Å². The quantitative estimate of drug-likeness (QED) is 0.147. The number of aromatic nitrogens is 4. The molecule has 3 aliphatic carbocycles. The number of esters is 1. The Kier molecular flexibility index (Phi) is 9.36. The Bertz CT molecular complexity index is 1620. The number of hydrogen-bond acceptors (Lipinski definition) is 11. The van der Waals surface area contributed by atoms with E-state index in [-0.39, 0.29) is 36.3 Å². The number of anilines is 1. The molecular weight excluding hydrogens is 614 g/mol. The van der Waals surface area contributed by atoms with Crippen LogP contribution in [-0.2, 0) is 20.7 Å². The monoisotopic (exact) mass is 663 g/mol. The topological polar surface area (TPSA) is 186 Å². The summed E-state index contributed by atoms with van der Waals surface area (Å²) in [6.07, 6.45) is 9.69. The summed E-state index contributed by atoms with van der Waals surface area (Å²) < 4.78 is 12.7. The summed E-state index contributed by atoms with van der Waals surface area (Å²) in [5.41, 5.74) is 9.31. The molecule has 10 atom stereocenters. The minimum absolute atomic E-state index is 0.00344. The molecular formula is C36H49N5O7. The number of carbonyl (C=O) groups is 1. The second-order valence-corrected chi connectivity index (χ2v) is 14.9. The Labute approximate surface area is 280 Å². The molecule has 5 unspecified atom stereocenters. The Balaban J connectivity index is 0.804. The molecule has 0 radical (unpaired) electrons. The summed E-state index contributed by atoms with van der Waals surface area (Å²) in [6, 6.07) is 5.92. The van der Waals surface area contributed by atoms with Crippen LogP contribution in [0.4, 0.5) is 5.82 Å². The first-order valence-electron chi connectivity index (χ1n) is 17.8. The standard InChI is InChI=1S/C36H49N5O7/c1-36-14-13-24-23-12-10-22(42)15-20(23)9-11-25(24)26(36)16-21(32(36)46)7-5-3-2-4-6-8-28(43)47-17-27-30(44)31(45)35(48-27)41-19-40-29-33(37)38-18-39-34(29)41/h10,12,15,18-19,21,24-27,30-32,35,42,44-46H,2-9,11,13-14,16-17H2,1H3,(H2,37,38,39)/t21?,24-,25-,26+,27?,30?,31?,32+,35?,36+/m1/s1. The number of fused-ring (bicyclic) bond motifs is 6. The van der Waals surface area contributed by atoms with Crippen LogP contribution in [0.2, 0.25) is 0 Å². The maximum atomic E-state index is 12.4. The Hall–Kier alpha value is -3.32. The van der Waals surface area contributed by atoms with Crippen molar-refractivity contribution in [2.45, 2.75) is 121 Å². The van der Waals surface area contributed by atoms with E-state index in [2.05, 4.69) is 27.9 Å². The summed E-state index contributed by atoms with van der Waals surface area (Å²) in [6.45, 7) is 2.16. The van der Waals surface area contributed by atoms with Gasteiger partial charge in [-0.2, -0.15) is 0 Å². The van der Waals surface area contributed by atoms with Crippen molar-refractivity contribution < 1.29 is 34.7 Å². The van der Waals surface area contributed by atoms with Crippen LogP contribution in [0.3, 0.4) is 0 Å². The highest BCUT2D eigenvalue weighted by Gasteiger charge is 2.57. The molecule has 0 bridgehead atoms. The second kappa shape index (κ2) is 13.5. The summed E-state index contributed by atoms with van der Waals surface area (Å²) in [5.74, 6) is 2.26. The lowest BCUT2D eigenvalue weighted by atomic mass is 9.55. The van der Waals surface area contributed by atoms with E-state index in [1.54, 1.807) is 0 Å². The summed E-state index contributed by atoms with van der Waals surface area (Å²) in [5, 5.41) is 42.6. The van der Waals surface area contributed by atoms with Crippen LogP contribution in [0.1, 0.15) is 101 Å². The number of phenols is 1. The van der Waals surface area contributed by atoms with Gasteiger partial charge in [0, 0.05) is 6.42 Å². The molecule has 3 heterocycles. The van der Waals surface area contributed by atoms with Gasteiger partial charge < -0.3 is 35.6 Å². The Morgan fingerprint density at radius 2 is 1.90 bits per heavy atom. The normalized spacial score (nSPS) is 34.1. The van der Waals surface area contributed by atoms with Crippen molar-refractivity contribution in [2.24, 2.45) is 23.2 Å². The summed E-state index contributed by atoms with van der Waals surface area (Å²) in [4.78, 5) is 24.7. The van der Waals surface area contributed by atoms with Gasteiger partial charge in [0.05, 0.1) is 12.4 Å². The zero-order chi connectivity index (χ0) is 33.6. The molecule has 1 saturated heterocycles. The molecule has 0 amide bonds. The smallest absolute Gasteiger partial charge is 0.305 e. The Morgan fingerprint density at radius 3 is 2.75 bits per heavy atom. The number of aliphatic hydroxyl groups excluding tert-OH is 3. The first-order chi connectivity index (χ1) is 23.2. The molecule has 6 N–H and O–H groups in total. The molecule has 2 aromatic heterocycles. The number of hydrogen-bond donors (Lipinski definition) is 5. The van der Waals surface area contributed by atoms with E-state index in [1.807, 2.05) is 12.1 Å². The zero-order valence-electron chi connectivity index (χ0n) is 27.7. The molecule has 260 valence electrons. The molecule has 4 aliphatic rings. The molecule has 12 heteroatoms. The second-order valence-electron chi connectivity index (χ2n) is 14.9. The van der Waals surface area contributed by atoms with Crippen molar-refractivity contribution in [2.75, 3.05) is 12.3 Å². The van der Waals surface area contributed by atoms with E-state index in [1.165, 1.54) is 28.3 Å². The average Bonchev–Trinajstić information content (AvgIpc) is 3.71. The SMILES string of the molecule is C[C@]12CC[C@@H]3c4ccc(O)cc4CC[C@H]3[C@@H]1CC(CCCCCCCC(=O)OCC1OC(n3cnc4c(N)ncnc43)C(O)C1O)[C@@H]2O. The predicted molar refractivity (Wildman–Crippen MR) is 177 cm³/mol. The molecule has 2 saturated carbocycles. The van der Waals surface area contributed by atoms with Crippen molar-refractivity contribution in [1.29, 1.82) is 0 Å². The van der Waals surface area contributed by atoms with Crippen LogP contribution in [-0.4, -0.2) is 76.9 Å². The van der Waals surface area contributed by atoms with Crippen LogP contribution in [0, 0.1) is 23.2 Å². The molecule has 48 heavy (non-hydrogen) atoms. The zero-order valence-corrected chi connectivity index (χ0v) is 27.7. The first kappa shape index (κ1) is 33.2. The van der Waals surface area contributed by atoms with Gasteiger partial charge in [-0.3, -0.25) is 9.36 Å². The maximum Gasteiger partial charge on any atom is 0.305 e. The number of imidazole rings is 1. The highest BCUT2D eigenvalue weighted by atomic mass is 16.6. The van der Waals surface area contributed by atoms with Crippen molar-refractivity contribution in [3.05, 3.63) is 42.0 Å². The number of nitrogens with two attached hydrogens (primary N) is 1. The number of rotatable bonds is 11. The van der Waals surface area contributed by atoms with E-state index < -0.39 is 24.5 Å².